The van der Waals surface area contributed by atoms with E-state index in [1.807, 2.05) is 6.92 Å². The molecule has 1 N–H and O–H groups in total. The molecule has 116 valence electrons. The van der Waals surface area contributed by atoms with Crippen LogP contribution in [0.1, 0.15) is 37.8 Å². The summed E-state index contributed by atoms with van der Waals surface area (Å²) < 4.78 is 43.8. The molecular weight excluding hydrogens is 285 g/mol. The zero-order valence-corrected chi connectivity index (χ0v) is 11.8. The van der Waals surface area contributed by atoms with Crippen LogP contribution in [0, 0.1) is 0 Å². The van der Waals surface area contributed by atoms with E-state index in [1.54, 1.807) is 6.92 Å². The normalized spacial score (nSPS) is 12.3. The number of hydrogen-bond acceptors (Lipinski definition) is 2. The first-order chi connectivity index (χ1) is 9.75. The SMILES string of the molecule is CCCOc1ccc(C(F)(F)F)cc1/C(C)=C/CC(=O)O. The van der Waals surface area contributed by atoms with E-state index in [1.165, 1.54) is 12.1 Å². The maximum absolute atomic E-state index is 12.8. The molecule has 1 aromatic rings. The highest BCUT2D eigenvalue weighted by Gasteiger charge is 2.31. The molecule has 3 nitrogen and oxygen atoms in total. The number of ether oxygens (including phenoxy) is 1. The summed E-state index contributed by atoms with van der Waals surface area (Å²) in [5.41, 5.74) is -0.0847. The lowest BCUT2D eigenvalue weighted by Crippen LogP contribution is -2.07. The van der Waals surface area contributed by atoms with E-state index in [9.17, 15) is 18.0 Å². The van der Waals surface area contributed by atoms with Crippen molar-refractivity contribution in [2.45, 2.75) is 32.9 Å². The number of benzene rings is 1. The Kier molecular flexibility index (Phi) is 5.81. The molecular formula is C15H17F3O3. The summed E-state index contributed by atoms with van der Waals surface area (Å²) in [6.07, 6.45) is -2.62. The van der Waals surface area contributed by atoms with E-state index in [0.717, 1.165) is 18.6 Å². The fourth-order valence-electron chi connectivity index (χ4n) is 1.70. The molecule has 6 heteroatoms. The van der Waals surface area contributed by atoms with Crippen LogP contribution in [0.3, 0.4) is 0 Å². The van der Waals surface area contributed by atoms with Gasteiger partial charge in [-0.25, -0.2) is 0 Å². The molecule has 0 fully saturated rings. The molecule has 0 aliphatic rings. The van der Waals surface area contributed by atoms with Crippen LogP contribution in [0.2, 0.25) is 0 Å². The van der Waals surface area contributed by atoms with E-state index < -0.39 is 17.7 Å². The van der Waals surface area contributed by atoms with Gasteiger partial charge < -0.3 is 9.84 Å². The largest absolute Gasteiger partial charge is 0.493 e. The lowest BCUT2D eigenvalue weighted by atomic mass is 10.0. The highest BCUT2D eigenvalue weighted by atomic mass is 19.4. The molecule has 21 heavy (non-hydrogen) atoms. The predicted molar refractivity (Wildman–Crippen MR) is 73.1 cm³/mol. The minimum Gasteiger partial charge on any atom is -0.493 e. The summed E-state index contributed by atoms with van der Waals surface area (Å²) >= 11 is 0. The minimum absolute atomic E-state index is 0.255. The Hall–Kier alpha value is -1.98. The van der Waals surface area contributed by atoms with Gasteiger partial charge in [-0.1, -0.05) is 13.0 Å². The number of carbonyl (C=O) groups is 1. The number of carboxylic acids is 1. The van der Waals surface area contributed by atoms with Gasteiger partial charge in [0, 0.05) is 5.56 Å². The minimum atomic E-state index is -4.45. The van der Waals surface area contributed by atoms with Crippen molar-refractivity contribution in [2.24, 2.45) is 0 Å². The zero-order valence-electron chi connectivity index (χ0n) is 11.8. The Morgan fingerprint density at radius 3 is 2.57 bits per heavy atom. The van der Waals surface area contributed by atoms with Gasteiger partial charge in [-0.3, -0.25) is 4.79 Å². The fraction of sp³-hybridized carbons (Fsp3) is 0.400. The average Bonchev–Trinajstić information content (AvgIpc) is 2.41. The molecule has 0 aliphatic heterocycles. The van der Waals surface area contributed by atoms with Crippen molar-refractivity contribution in [2.75, 3.05) is 6.61 Å². The lowest BCUT2D eigenvalue weighted by molar-refractivity contribution is -0.138. The van der Waals surface area contributed by atoms with Gasteiger partial charge in [-0.2, -0.15) is 13.2 Å². The Morgan fingerprint density at radius 2 is 2.05 bits per heavy atom. The molecule has 1 aromatic carbocycles. The molecule has 0 heterocycles. The standard InChI is InChI=1S/C15H17F3O3/c1-3-8-21-13-6-5-11(15(16,17)18)9-12(13)10(2)4-7-14(19)20/h4-6,9H,3,7-8H2,1-2H3,(H,19,20)/b10-4+. The number of carboxylic acid groups (broad SMARTS) is 1. The molecule has 0 atom stereocenters. The first kappa shape index (κ1) is 17.1. The molecule has 0 spiro atoms. The molecule has 0 saturated carbocycles. The van der Waals surface area contributed by atoms with E-state index in [2.05, 4.69) is 0 Å². The summed E-state index contributed by atoms with van der Waals surface area (Å²) in [6.45, 7) is 3.83. The number of aliphatic carboxylic acids is 1. The summed E-state index contributed by atoms with van der Waals surface area (Å²) in [7, 11) is 0. The maximum Gasteiger partial charge on any atom is 0.416 e. The summed E-state index contributed by atoms with van der Waals surface area (Å²) in [5.74, 6) is -0.721. The highest BCUT2D eigenvalue weighted by molar-refractivity contribution is 5.75. The first-order valence-electron chi connectivity index (χ1n) is 6.48. The quantitative estimate of drug-likeness (QED) is 0.848. The van der Waals surface area contributed by atoms with Crippen molar-refractivity contribution in [1.29, 1.82) is 0 Å². The van der Waals surface area contributed by atoms with Crippen LogP contribution in [0.15, 0.2) is 24.3 Å². The molecule has 0 aliphatic carbocycles. The second-order valence-corrected chi connectivity index (χ2v) is 4.54. The summed E-state index contributed by atoms with van der Waals surface area (Å²) in [5, 5.41) is 8.65. The molecule has 0 radical (unpaired) electrons. The van der Waals surface area contributed by atoms with Gasteiger partial charge in [-0.05, 0) is 37.1 Å². The van der Waals surface area contributed by atoms with Crippen LogP contribution in [0.5, 0.6) is 5.75 Å². The third-order valence-corrected chi connectivity index (χ3v) is 2.78. The van der Waals surface area contributed by atoms with Crippen LogP contribution in [-0.4, -0.2) is 17.7 Å². The molecule has 1 rings (SSSR count). The Labute approximate surface area is 121 Å². The summed E-state index contributed by atoms with van der Waals surface area (Å²) in [6, 6.07) is 3.21. The Morgan fingerprint density at radius 1 is 1.38 bits per heavy atom. The molecule has 0 bridgehead atoms. The molecule has 0 aromatic heterocycles. The lowest BCUT2D eigenvalue weighted by Gasteiger charge is -2.14. The van der Waals surface area contributed by atoms with Gasteiger partial charge in [0.1, 0.15) is 5.75 Å². The molecule has 0 unspecified atom stereocenters. The van der Waals surface area contributed by atoms with Crippen molar-refractivity contribution in [3.8, 4) is 5.75 Å². The second kappa shape index (κ2) is 7.15. The van der Waals surface area contributed by atoms with E-state index in [0.29, 0.717) is 17.9 Å². The number of rotatable bonds is 6. The van der Waals surface area contributed by atoms with Gasteiger partial charge in [0.15, 0.2) is 0 Å². The second-order valence-electron chi connectivity index (χ2n) is 4.54. The average molecular weight is 302 g/mol. The van der Waals surface area contributed by atoms with Gasteiger partial charge in [0.2, 0.25) is 0 Å². The van der Waals surface area contributed by atoms with Gasteiger partial charge in [-0.15, -0.1) is 0 Å². The van der Waals surface area contributed by atoms with Crippen molar-refractivity contribution < 1.29 is 27.8 Å². The van der Waals surface area contributed by atoms with Gasteiger partial charge in [0.25, 0.3) is 0 Å². The maximum atomic E-state index is 12.8. The topological polar surface area (TPSA) is 46.5 Å². The monoisotopic (exact) mass is 302 g/mol. The zero-order chi connectivity index (χ0) is 16.0. The number of hydrogen-bond donors (Lipinski definition) is 1. The van der Waals surface area contributed by atoms with Crippen LogP contribution in [0.4, 0.5) is 13.2 Å². The van der Waals surface area contributed by atoms with Crippen LogP contribution in [0.25, 0.3) is 5.57 Å². The van der Waals surface area contributed by atoms with Crippen LogP contribution >= 0.6 is 0 Å². The molecule has 0 saturated heterocycles. The van der Waals surface area contributed by atoms with Gasteiger partial charge >= 0.3 is 12.1 Å². The first-order valence-corrected chi connectivity index (χ1v) is 6.48. The third kappa shape index (κ3) is 5.13. The Bertz CT molecular complexity index is 533. The highest BCUT2D eigenvalue weighted by Crippen LogP contribution is 2.35. The van der Waals surface area contributed by atoms with Crippen molar-refractivity contribution in [3.63, 3.8) is 0 Å². The fourth-order valence-corrected chi connectivity index (χ4v) is 1.70. The van der Waals surface area contributed by atoms with Crippen molar-refractivity contribution in [3.05, 3.63) is 35.4 Å². The summed E-state index contributed by atoms with van der Waals surface area (Å²) in [4.78, 5) is 10.6. The van der Waals surface area contributed by atoms with Crippen LogP contribution < -0.4 is 4.74 Å². The predicted octanol–water partition coefficient (Wildman–Crippen LogP) is 4.37. The van der Waals surface area contributed by atoms with Crippen LogP contribution in [-0.2, 0) is 11.0 Å². The molecule has 0 amide bonds. The number of alkyl halides is 3. The number of allylic oxidation sites excluding steroid dienone is 1. The van der Waals surface area contributed by atoms with E-state index >= 15 is 0 Å². The van der Waals surface area contributed by atoms with Crippen molar-refractivity contribution in [1.82, 2.24) is 0 Å². The third-order valence-electron chi connectivity index (χ3n) is 2.78. The van der Waals surface area contributed by atoms with Gasteiger partial charge in [0.05, 0.1) is 18.6 Å². The number of halogens is 3. The van der Waals surface area contributed by atoms with E-state index in [-0.39, 0.29) is 12.0 Å². The smallest absolute Gasteiger partial charge is 0.416 e. The van der Waals surface area contributed by atoms with Crippen molar-refractivity contribution >= 4 is 11.5 Å². The van der Waals surface area contributed by atoms with E-state index in [4.69, 9.17) is 9.84 Å². The Balaban J connectivity index is 3.21.